The third kappa shape index (κ3) is 2.41. The molecule has 1 aliphatic rings. The van der Waals surface area contributed by atoms with Crippen molar-refractivity contribution < 1.29 is 9.13 Å². The lowest BCUT2D eigenvalue weighted by atomic mass is 10.2. The van der Waals surface area contributed by atoms with E-state index in [-0.39, 0.29) is 12.2 Å². The Morgan fingerprint density at radius 1 is 1.27 bits per heavy atom. The van der Waals surface area contributed by atoms with Gasteiger partial charge in [0.2, 0.25) is 5.95 Å². The molecule has 4 nitrogen and oxygen atoms in total. The number of hydrogen-bond acceptors (Lipinski definition) is 4. The van der Waals surface area contributed by atoms with Crippen LogP contribution in [0.25, 0.3) is 0 Å². The summed E-state index contributed by atoms with van der Waals surface area (Å²) in [7, 11) is 0. The van der Waals surface area contributed by atoms with Gasteiger partial charge in [-0.2, -0.15) is 0 Å². The Kier molecular flexibility index (Phi) is 2.81. The number of ether oxygens (including phenoxy) is 1. The first-order valence-corrected chi connectivity index (χ1v) is 5.03. The number of hydrogen-bond donors (Lipinski definition) is 0. The molecule has 0 aliphatic carbocycles. The zero-order valence-electron chi connectivity index (χ0n) is 8.85. The topological polar surface area (TPSA) is 38.2 Å². The van der Waals surface area contributed by atoms with E-state index in [4.69, 9.17) is 4.74 Å². The molecular weight excluding hydrogens is 197 g/mol. The fourth-order valence-electron chi connectivity index (χ4n) is 1.81. The minimum absolute atomic E-state index is 0.155. The summed E-state index contributed by atoms with van der Waals surface area (Å²) in [6.07, 6.45) is 2.69. The zero-order valence-corrected chi connectivity index (χ0v) is 8.85. The Morgan fingerprint density at radius 2 is 1.80 bits per heavy atom. The molecule has 2 atom stereocenters. The second-order valence-electron chi connectivity index (χ2n) is 3.86. The highest BCUT2D eigenvalue weighted by atomic mass is 19.1. The largest absolute Gasteiger partial charge is 0.372 e. The monoisotopic (exact) mass is 211 g/mol. The van der Waals surface area contributed by atoms with Crippen LogP contribution in [0.2, 0.25) is 0 Å². The van der Waals surface area contributed by atoms with E-state index in [1.165, 1.54) is 12.4 Å². The second-order valence-corrected chi connectivity index (χ2v) is 3.86. The molecule has 0 N–H and O–H groups in total. The van der Waals surface area contributed by atoms with Gasteiger partial charge < -0.3 is 9.64 Å². The molecule has 82 valence electrons. The number of rotatable bonds is 1. The van der Waals surface area contributed by atoms with Gasteiger partial charge >= 0.3 is 0 Å². The van der Waals surface area contributed by atoms with Crippen LogP contribution in [0.1, 0.15) is 13.8 Å². The molecular formula is C10H14FN3O. The van der Waals surface area contributed by atoms with Crippen molar-refractivity contribution in [1.82, 2.24) is 9.97 Å². The average molecular weight is 211 g/mol. The highest BCUT2D eigenvalue weighted by Crippen LogP contribution is 2.15. The van der Waals surface area contributed by atoms with Crippen LogP contribution in [0, 0.1) is 5.82 Å². The maximum Gasteiger partial charge on any atom is 0.225 e. The summed E-state index contributed by atoms with van der Waals surface area (Å²) in [5, 5.41) is 0. The molecule has 0 spiro atoms. The smallest absolute Gasteiger partial charge is 0.225 e. The summed E-state index contributed by atoms with van der Waals surface area (Å²) < 4.78 is 18.2. The standard InChI is InChI=1S/C10H14FN3O/c1-7-5-14(6-8(2)15-7)10-12-3-9(11)4-13-10/h3-4,7-8H,5-6H2,1-2H3. The molecule has 0 radical (unpaired) electrons. The van der Waals surface area contributed by atoms with Gasteiger partial charge in [0.15, 0.2) is 5.82 Å². The average Bonchev–Trinajstić information content (AvgIpc) is 2.17. The van der Waals surface area contributed by atoms with Crippen molar-refractivity contribution in [3.8, 4) is 0 Å². The minimum Gasteiger partial charge on any atom is -0.372 e. The van der Waals surface area contributed by atoms with Crippen molar-refractivity contribution in [2.45, 2.75) is 26.1 Å². The SMILES string of the molecule is CC1CN(c2ncc(F)cn2)CC(C)O1. The van der Waals surface area contributed by atoms with Crippen molar-refractivity contribution in [1.29, 1.82) is 0 Å². The van der Waals surface area contributed by atoms with Gasteiger partial charge in [0, 0.05) is 13.1 Å². The van der Waals surface area contributed by atoms with Crippen LogP contribution in [-0.4, -0.2) is 35.3 Å². The maximum atomic E-state index is 12.6. The first kappa shape index (κ1) is 10.3. The Balaban J connectivity index is 2.12. The van der Waals surface area contributed by atoms with Gasteiger partial charge in [-0.3, -0.25) is 0 Å². The molecule has 5 heteroatoms. The number of morpholine rings is 1. The summed E-state index contributed by atoms with van der Waals surface area (Å²) in [6, 6.07) is 0. The van der Waals surface area contributed by atoms with Crippen LogP contribution in [0.15, 0.2) is 12.4 Å². The first-order chi connectivity index (χ1) is 7.15. The highest BCUT2D eigenvalue weighted by Gasteiger charge is 2.23. The lowest BCUT2D eigenvalue weighted by Gasteiger charge is -2.35. The van der Waals surface area contributed by atoms with Gasteiger partial charge in [-0.05, 0) is 13.8 Å². The molecule has 2 rings (SSSR count). The molecule has 1 saturated heterocycles. The lowest BCUT2D eigenvalue weighted by Crippen LogP contribution is -2.46. The molecule has 1 fully saturated rings. The molecule has 15 heavy (non-hydrogen) atoms. The van der Waals surface area contributed by atoms with Crippen LogP contribution in [0.4, 0.5) is 10.3 Å². The van der Waals surface area contributed by atoms with Crippen LogP contribution in [0.3, 0.4) is 0 Å². The molecule has 2 heterocycles. The van der Waals surface area contributed by atoms with E-state index in [0.717, 1.165) is 13.1 Å². The fourth-order valence-corrected chi connectivity index (χ4v) is 1.81. The van der Waals surface area contributed by atoms with Crippen LogP contribution < -0.4 is 4.90 Å². The van der Waals surface area contributed by atoms with Gasteiger partial charge in [0.1, 0.15) is 0 Å². The fraction of sp³-hybridized carbons (Fsp3) is 0.600. The Labute approximate surface area is 88.1 Å². The number of aromatic nitrogens is 2. The third-order valence-electron chi connectivity index (χ3n) is 2.31. The summed E-state index contributed by atoms with van der Waals surface area (Å²) in [5.74, 6) is 0.159. The molecule has 0 bridgehead atoms. The Morgan fingerprint density at radius 3 is 2.33 bits per heavy atom. The number of halogens is 1. The molecule has 1 aromatic rings. The quantitative estimate of drug-likeness (QED) is 0.700. The van der Waals surface area contributed by atoms with Gasteiger partial charge in [0.05, 0.1) is 24.6 Å². The van der Waals surface area contributed by atoms with Crippen LogP contribution >= 0.6 is 0 Å². The normalized spacial score (nSPS) is 26.7. The van der Waals surface area contributed by atoms with Crippen molar-refractivity contribution in [2.75, 3.05) is 18.0 Å². The number of nitrogens with zero attached hydrogens (tertiary/aromatic N) is 3. The predicted octanol–water partition coefficient (Wildman–Crippen LogP) is 1.23. The molecule has 0 amide bonds. The van der Waals surface area contributed by atoms with E-state index in [9.17, 15) is 4.39 Å². The molecule has 1 aromatic heterocycles. The lowest BCUT2D eigenvalue weighted by molar-refractivity contribution is -0.00572. The van der Waals surface area contributed by atoms with Crippen molar-refractivity contribution in [3.05, 3.63) is 18.2 Å². The third-order valence-corrected chi connectivity index (χ3v) is 2.31. The first-order valence-electron chi connectivity index (χ1n) is 5.03. The predicted molar refractivity (Wildman–Crippen MR) is 54.2 cm³/mol. The van der Waals surface area contributed by atoms with Crippen LogP contribution in [0.5, 0.6) is 0 Å². The van der Waals surface area contributed by atoms with E-state index in [1.807, 2.05) is 18.7 Å². The van der Waals surface area contributed by atoms with E-state index < -0.39 is 5.82 Å². The molecule has 0 aromatic carbocycles. The highest BCUT2D eigenvalue weighted by molar-refractivity contribution is 5.29. The van der Waals surface area contributed by atoms with E-state index in [0.29, 0.717) is 5.95 Å². The van der Waals surface area contributed by atoms with Gasteiger partial charge in [0.25, 0.3) is 0 Å². The van der Waals surface area contributed by atoms with E-state index in [1.54, 1.807) is 0 Å². The number of anilines is 1. The van der Waals surface area contributed by atoms with E-state index >= 15 is 0 Å². The maximum absolute atomic E-state index is 12.6. The van der Waals surface area contributed by atoms with Gasteiger partial charge in [-0.15, -0.1) is 0 Å². The van der Waals surface area contributed by atoms with Crippen molar-refractivity contribution in [3.63, 3.8) is 0 Å². The van der Waals surface area contributed by atoms with Crippen molar-refractivity contribution >= 4 is 5.95 Å². The van der Waals surface area contributed by atoms with E-state index in [2.05, 4.69) is 9.97 Å². The zero-order chi connectivity index (χ0) is 10.8. The summed E-state index contributed by atoms with van der Waals surface area (Å²) >= 11 is 0. The van der Waals surface area contributed by atoms with Gasteiger partial charge in [-0.1, -0.05) is 0 Å². The van der Waals surface area contributed by atoms with Crippen molar-refractivity contribution in [2.24, 2.45) is 0 Å². The van der Waals surface area contributed by atoms with Gasteiger partial charge in [-0.25, -0.2) is 14.4 Å². The Bertz CT molecular complexity index is 320. The summed E-state index contributed by atoms with van der Waals surface area (Å²) in [4.78, 5) is 9.92. The summed E-state index contributed by atoms with van der Waals surface area (Å²) in [6.45, 7) is 5.50. The van der Waals surface area contributed by atoms with Crippen LogP contribution in [-0.2, 0) is 4.74 Å². The molecule has 2 unspecified atom stereocenters. The minimum atomic E-state index is -0.409. The molecule has 0 saturated carbocycles. The molecule has 1 aliphatic heterocycles. The Hall–Kier alpha value is -1.23. The second kappa shape index (κ2) is 4.10. The summed E-state index contributed by atoms with van der Waals surface area (Å²) in [5.41, 5.74) is 0.